The van der Waals surface area contributed by atoms with Gasteiger partial charge in [0, 0.05) is 17.7 Å². The van der Waals surface area contributed by atoms with Crippen LogP contribution in [0.5, 0.6) is 28.7 Å². The number of hydrogen-bond donors (Lipinski definition) is 3. The molecule has 0 spiro atoms. The minimum Gasteiger partial charge on any atom is -0.507 e. The Labute approximate surface area is 135 Å². The van der Waals surface area contributed by atoms with Crippen molar-refractivity contribution >= 4 is 11.0 Å². The fourth-order valence-electron chi connectivity index (χ4n) is 2.43. The number of fused-ring (bicyclic) bond motifs is 1. The summed E-state index contributed by atoms with van der Waals surface area (Å²) in [7, 11) is 2.77. The Balaban J connectivity index is 2.36. The predicted octanol–water partition coefficient (Wildman–Crippen LogP) is 2.59. The Hall–Kier alpha value is -3.35. The van der Waals surface area contributed by atoms with Gasteiger partial charge in [-0.05, 0) is 18.2 Å². The van der Waals surface area contributed by atoms with Gasteiger partial charge in [0.05, 0.1) is 14.2 Å². The van der Waals surface area contributed by atoms with Crippen LogP contribution in [-0.4, -0.2) is 29.5 Å². The van der Waals surface area contributed by atoms with E-state index < -0.39 is 5.43 Å². The third kappa shape index (κ3) is 2.36. The van der Waals surface area contributed by atoms with Crippen LogP contribution in [0.4, 0.5) is 0 Å². The molecule has 24 heavy (non-hydrogen) atoms. The standard InChI is InChI=1S/C17H14O7/c1-22-14-7-12(21)15-11(20)6-13(24-17(15)16(14)23-2)8-3-4-9(18)10(19)5-8/h3-7,18-19,21H,1-2H3. The molecule has 7 heteroatoms. The van der Waals surface area contributed by atoms with Crippen LogP contribution >= 0.6 is 0 Å². The van der Waals surface area contributed by atoms with Crippen LogP contribution < -0.4 is 14.9 Å². The molecule has 0 radical (unpaired) electrons. The molecule has 124 valence electrons. The molecule has 1 aromatic heterocycles. The maximum absolute atomic E-state index is 12.4. The normalized spacial score (nSPS) is 10.8. The summed E-state index contributed by atoms with van der Waals surface area (Å²) < 4.78 is 16.1. The number of hydrogen-bond acceptors (Lipinski definition) is 7. The molecule has 7 nitrogen and oxygen atoms in total. The van der Waals surface area contributed by atoms with Crippen molar-refractivity contribution in [1.29, 1.82) is 0 Å². The van der Waals surface area contributed by atoms with E-state index in [4.69, 9.17) is 13.9 Å². The molecule has 0 fully saturated rings. The van der Waals surface area contributed by atoms with Crippen molar-refractivity contribution in [3.8, 4) is 40.1 Å². The summed E-state index contributed by atoms with van der Waals surface area (Å²) in [6, 6.07) is 6.46. The molecule has 3 aromatic rings. The zero-order chi connectivity index (χ0) is 17.4. The van der Waals surface area contributed by atoms with E-state index in [0.29, 0.717) is 5.56 Å². The predicted molar refractivity (Wildman–Crippen MR) is 86.0 cm³/mol. The molecule has 2 aromatic carbocycles. The second-order valence-electron chi connectivity index (χ2n) is 5.01. The monoisotopic (exact) mass is 330 g/mol. The van der Waals surface area contributed by atoms with Crippen LogP contribution in [0.25, 0.3) is 22.3 Å². The molecule has 1 heterocycles. The lowest BCUT2D eigenvalue weighted by Gasteiger charge is -2.12. The third-order valence-corrected chi connectivity index (χ3v) is 3.59. The van der Waals surface area contributed by atoms with Gasteiger partial charge in [-0.25, -0.2) is 0 Å². The van der Waals surface area contributed by atoms with E-state index >= 15 is 0 Å². The van der Waals surface area contributed by atoms with E-state index in [-0.39, 0.29) is 45.5 Å². The zero-order valence-corrected chi connectivity index (χ0v) is 12.9. The van der Waals surface area contributed by atoms with E-state index in [0.717, 1.165) is 0 Å². The summed E-state index contributed by atoms with van der Waals surface area (Å²) in [5, 5.41) is 29.0. The molecule has 0 bridgehead atoms. The first-order valence-electron chi connectivity index (χ1n) is 6.90. The third-order valence-electron chi connectivity index (χ3n) is 3.59. The number of ether oxygens (including phenoxy) is 2. The van der Waals surface area contributed by atoms with Gasteiger partial charge in [-0.15, -0.1) is 0 Å². The summed E-state index contributed by atoms with van der Waals surface area (Å²) in [6.45, 7) is 0. The highest BCUT2D eigenvalue weighted by molar-refractivity contribution is 5.91. The second-order valence-corrected chi connectivity index (χ2v) is 5.01. The smallest absolute Gasteiger partial charge is 0.205 e. The molecule has 0 saturated heterocycles. The highest BCUT2D eigenvalue weighted by atomic mass is 16.5. The molecule has 0 aliphatic rings. The molecule has 0 atom stereocenters. The van der Waals surface area contributed by atoms with Crippen LogP contribution in [0.1, 0.15) is 0 Å². The van der Waals surface area contributed by atoms with Crippen molar-refractivity contribution in [3.63, 3.8) is 0 Å². The van der Waals surface area contributed by atoms with Crippen molar-refractivity contribution in [3.05, 3.63) is 40.6 Å². The number of phenols is 3. The van der Waals surface area contributed by atoms with Crippen molar-refractivity contribution in [2.75, 3.05) is 14.2 Å². The molecule has 3 rings (SSSR count). The van der Waals surface area contributed by atoms with E-state index in [1.54, 1.807) is 0 Å². The Morgan fingerprint density at radius 2 is 1.67 bits per heavy atom. The fourth-order valence-corrected chi connectivity index (χ4v) is 2.43. The van der Waals surface area contributed by atoms with Crippen LogP contribution in [0.3, 0.4) is 0 Å². The molecular weight excluding hydrogens is 316 g/mol. The summed E-state index contributed by atoms with van der Waals surface area (Å²) in [5.41, 5.74) is -0.102. The maximum Gasteiger partial charge on any atom is 0.205 e. The lowest BCUT2D eigenvalue weighted by atomic mass is 10.1. The maximum atomic E-state index is 12.4. The zero-order valence-electron chi connectivity index (χ0n) is 12.9. The molecule has 3 N–H and O–H groups in total. The highest BCUT2D eigenvalue weighted by Gasteiger charge is 2.20. The van der Waals surface area contributed by atoms with Gasteiger partial charge in [0.1, 0.15) is 16.9 Å². The number of benzene rings is 2. The Morgan fingerprint density at radius 3 is 2.29 bits per heavy atom. The Kier molecular flexibility index (Phi) is 3.69. The fraction of sp³-hybridized carbons (Fsp3) is 0.118. The SMILES string of the molecule is COc1cc(O)c2c(=O)cc(-c3ccc(O)c(O)c3)oc2c1OC. The number of aromatic hydroxyl groups is 3. The van der Waals surface area contributed by atoms with Crippen LogP contribution in [0, 0.1) is 0 Å². The topological polar surface area (TPSA) is 109 Å². The van der Waals surface area contributed by atoms with E-state index in [1.165, 1.54) is 44.6 Å². The summed E-state index contributed by atoms with van der Waals surface area (Å²) in [4.78, 5) is 12.4. The largest absolute Gasteiger partial charge is 0.507 e. The van der Waals surface area contributed by atoms with Gasteiger partial charge < -0.3 is 29.2 Å². The van der Waals surface area contributed by atoms with Crippen molar-refractivity contribution in [1.82, 2.24) is 0 Å². The summed E-state index contributed by atoms with van der Waals surface area (Å²) in [5.74, 6) is -0.441. The lowest BCUT2D eigenvalue weighted by molar-refractivity contribution is 0.350. The van der Waals surface area contributed by atoms with E-state index in [2.05, 4.69) is 0 Å². The Bertz CT molecular complexity index is 988. The van der Waals surface area contributed by atoms with Gasteiger partial charge in [0.25, 0.3) is 0 Å². The minimum atomic E-state index is -0.489. The average molecular weight is 330 g/mol. The first-order valence-corrected chi connectivity index (χ1v) is 6.90. The van der Waals surface area contributed by atoms with E-state index in [9.17, 15) is 20.1 Å². The quantitative estimate of drug-likeness (QED) is 0.633. The van der Waals surface area contributed by atoms with Crippen LogP contribution in [-0.2, 0) is 0 Å². The second kappa shape index (κ2) is 5.69. The summed E-state index contributed by atoms with van der Waals surface area (Å²) >= 11 is 0. The van der Waals surface area contributed by atoms with Crippen molar-refractivity contribution < 1.29 is 29.2 Å². The first-order chi connectivity index (χ1) is 11.5. The van der Waals surface area contributed by atoms with Crippen LogP contribution in [0.15, 0.2) is 39.5 Å². The van der Waals surface area contributed by atoms with Gasteiger partial charge in [-0.2, -0.15) is 0 Å². The van der Waals surface area contributed by atoms with Gasteiger partial charge >= 0.3 is 0 Å². The average Bonchev–Trinajstić information content (AvgIpc) is 2.56. The van der Waals surface area contributed by atoms with Crippen LogP contribution in [0.2, 0.25) is 0 Å². The van der Waals surface area contributed by atoms with Crippen molar-refractivity contribution in [2.45, 2.75) is 0 Å². The van der Waals surface area contributed by atoms with E-state index in [1.807, 2.05) is 0 Å². The van der Waals surface area contributed by atoms with Crippen molar-refractivity contribution in [2.24, 2.45) is 0 Å². The number of phenolic OH excluding ortho intramolecular Hbond substituents is 3. The Morgan fingerprint density at radius 1 is 0.917 bits per heavy atom. The van der Waals surface area contributed by atoms with Gasteiger partial charge in [0.15, 0.2) is 28.3 Å². The molecule has 0 aliphatic carbocycles. The highest BCUT2D eigenvalue weighted by Crippen LogP contribution is 2.41. The number of rotatable bonds is 3. The molecule has 0 aliphatic heterocycles. The van der Waals surface area contributed by atoms with Gasteiger partial charge in [-0.1, -0.05) is 0 Å². The lowest BCUT2D eigenvalue weighted by Crippen LogP contribution is -2.03. The summed E-state index contributed by atoms with van der Waals surface area (Å²) in [6.07, 6.45) is 0. The van der Waals surface area contributed by atoms with Gasteiger partial charge in [0.2, 0.25) is 5.75 Å². The number of methoxy groups -OCH3 is 2. The minimum absolute atomic E-state index is 0.0180. The first kappa shape index (κ1) is 15.5. The molecular formula is C17H14O7. The molecule has 0 unspecified atom stereocenters. The van der Waals surface area contributed by atoms with Gasteiger partial charge in [-0.3, -0.25) is 4.79 Å². The molecule has 0 amide bonds. The molecule has 0 saturated carbocycles.